The van der Waals surface area contributed by atoms with Crippen molar-refractivity contribution in [3.8, 4) is 45.1 Å². The summed E-state index contributed by atoms with van der Waals surface area (Å²) in [5, 5.41) is 17.4. The second-order valence-electron chi connectivity index (χ2n) is 12.3. The summed E-state index contributed by atoms with van der Waals surface area (Å²) in [6.07, 6.45) is 0. The summed E-state index contributed by atoms with van der Waals surface area (Å²) in [4.78, 5) is 3.88. The molecular formula is C46H27N3. The predicted molar refractivity (Wildman–Crippen MR) is 203 cm³/mol. The highest BCUT2D eigenvalue weighted by atomic mass is 15.0. The van der Waals surface area contributed by atoms with E-state index in [1.165, 1.54) is 38.2 Å². The molecule has 226 valence electrons. The van der Waals surface area contributed by atoms with Gasteiger partial charge in [-0.25, -0.2) is 4.85 Å². The molecule has 0 N–H and O–H groups in total. The Balaban J connectivity index is 1.25. The van der Waals surface area contributed by atoms with Gasteiger partial charge in [-0.3, -0.25) is 0 Å². The first-order chi connectivity index (χ1) is 24.2. The van der Waals surface area contributed by atoms with Crippen LogP contribution in [0, 0.1) is 17.9 Å². The molecule has 9 rings (SSSR count). The molecule has 0 amide bonds. The smallest absolute Gasteiger partial charge is 0.212 e. The van der Waals surface area contributed by atoms with Crippen molar-refractivity contribution in [3.63, 3.8) is 0 Å². The zero-order valence-electron chi connectivity index (χ0n) is 26.4. The van der Waals surface area contributed by atoms with Crippen molar-refractivity contribution in [3.05, 3.63) is 181 Å². The minimum Gasteiger partial charge on any atom is -0.309 e. The Bertz CT molecular complexity index is 2720. The lowest BCUT2D eigenvalue weighted by molar-refractivity contribution is 1.18. The molecule has 0 saturated heterocycles. The molecule has 0 bridgehead atoms. The van der Waals surface area contributed by atoms with Crippen LogP contribution in [0.4, 0.5) is 5.69 Å². The Kier molecular flexibility index (Phi) is 6.58. The van der Waals surface area contributed by atoms with Crippen LogP contribution in [-0.4, -0.2) is 4.57 Å². The fourth-order valence-electron chi connectivity index (χ4n) is 7.55. The molecule has 49 heavy (non-hydrogen) atoms. The van der Waals surface area contributed by atoms with Gasteiger partial charge < -0.3 is 4.57 Å². The van der Waals surface area contributed by atoms with Gasteiger partial charge in [0.15, 0.2) is 0 Å². The molecule has 9 aromatic rings. The van der Waals surface area contributed by atoms with Crippen LogP contribution in [0.1, 0.15) is 5.56 Å². The molecule has 1 aromatic heterocycles. The maximum atomic E-state index is 10.3. The maximum absolute atomic E-state index is 10.3. The van der Waals surface area contributed by atoms with Gasteiger partial charge in [-0.2, -0.15) is 5.26 Å². The standard InChI is InChI=1S/C46H27N3/c1-48-46-33(29-47)27-34(49-42-21-11-9-15-35(42)36-16-10-12-22-43(36)49)28-41(46)30-23-25-32(26-24-30)45-39-19-7-5-17-37(39)44(31-13-3-2-4-14-31)38-18-6-8-20-40(38)45/h2-28H. The number of benzene rings is 8. The largest absolute Gasteiger partial charge is 0.309 e. The summed E-state index contributed by atoms with van der Waals surface area (Å²) >= 11 is 0. The van der Waals surface area contributed by atoms with Gasteiger partial charge in [0.05, 0.1) is 29.2 Å². The Labute approximate surface area is 284 Å². The number of nitrogens with zero attached hydrogens (tertiary/aromatic N) is 3. The zero-order chi connectivity index (χ0) is 32.9. The first-order valence-corrected chi connectivity index (χ1v) is 16.3. The van der Waals surface area contributed by atoms with Crippen LogP contribution in [0.25, 0.3) is 87.3 Å². The van der Waals surface area contributed by atoms with Crippen LogP contribution in [0.2, 0.25) is 0 Å². The summed E-state index contributed by atoms with van der Waals surface area (Å²) in [5.41, 5.74) is 10.0. The topological polar surface area (TPSA) is 33.1 Å². The van der Waals surface area contributed by atoms with E-state index in [1.54, 1.807) is 0 Å². The minimum atomic E-state index is 0.363. The van der Waals surface area contributed by atoms with Gasteiger partial charge in [-0.15, -0.1) is 0 Å². The van der Waals surface area contributed by atoms with Crippen molar-refractivity contribution in [2.24, 2.45) is 0 Å². The van der Waals surface area contributed by atoms with Crippen molar-refractivity contribution in [2.75, 3.05) is 0 Å². The van der Waals surface area contributed by atoms with Crippen molar-refractivity contribution in [1.29, 1.82) is 5.26 Å². The summed E-state index contributed by atoms with van der Waals surface area (Å²) in [7, 11) is 0. The van der Waals surface area contributed by atoms with Crippen molar-refractivity contribution in [2.45, 2.75) is 0 Å². The van der Waals surface area contributed by atoms with E-state index < -0.39 is 0 Å². The molecule has 0 unspecified atom stereocenters. The predicted octanol–water partition coefficient (Wildman–Crippen LogP) is 12.5. The van der Waals surface area contributed by atoms with E-state index in [1.807, 2.05) is 18.2 Å². The maximum Gasteiger partial charge on any atom is 0.212 e. The van der Waals surface area contributed by atoms with Gasteiger partial charge in [0.25, 0.3) is 0 Å². The van der Waals surface area contributed by atoms with Crippen LogP contribution < -0.4 is 0 Å². The van der Waals surface area contributed by atoms with Crippen LogP contribution in [-0.2, 0) is 0 Å². The molecule has 0 spiro atoms. The SMILES string of the molecule is [C-]#[N+]c1c(C#N)cc(-n2c3ccccc3c3ccccc32)cc1-c1ccc(-c2c3ccccc3c(-c3ccccc3)c3ccccc23)cc1. The molecule has 3 nitrogen and oxygen atoms in total. The lowest BCUT2D eigenvalue weighted by Crippen LogP contribution is -1.96. The number of fused-ring (bicyclic) bond motifs is 5. The first-order valence-electron chi connectivity index (χ1n) is 16.3. The van der Waals surface area contributed by atoms with E-state index in [4.69, 9.17) is 6.57 Å². The Morgan fingerprint density at radius 3 is 1.39 bits per heavy atom. The number of nitriles is 1. The average Bonchev–Trinajstić information content (AvgIpc) is 3.51. The molecule has 3 heteroatoms. The molecule has 0 atom stereocenters. The van der Waals surface area contributed by atoms with Crippen molar-refractivity contribution >= 4 is 49.0 Å². The highest BCUT2D eigenvalue weighted by molar-refractivity contribution is 6.21. The summed E-state index contributed by atoms with van der Waals surface area (Å²) in [6.45, 7) is 8.10. The molecule has 0 aliphatic carbocycles. The number of rotatable bonds is 4. The van der Waals surface area contributed by atoms with Crippen LogP contribution in [0.5, 0.6) is 0 Å². The van der Waals surface area contributed by atoms with Gasteiger partial charge >= 0.3 is 0 Å². The molecular weight excluding hydrogens is 595 g/mol. The fourth-order valence-corrected chi connectivity index (χ4v) is 7.55. The fraction of sp³-hybridized carbons (Fsp3) is 0. The van der Waals surface area contributed by atoms with E-state index in [0.29, 0.717) is 11.3 Å². The van der Waals surface area contributed by atoms with Gasteiger partial charge in [-0.1, -0.05) is 140 Å². The molecule has 0 saturated carbocycles. The molecule has 1 heterocycles. The van der Waals surface area contributed by atoms with E-state index in [-0.39, 0.29) is 0 Å². The van der Waals surface area contributed by atoms with Crippen LogP contribution in [0.3, 0.4) is 0 Å². The molecule has 8 aromatic carbocycles. The molecule has 0 radical (unpaired) electrons. The second kappa shape index (κ2) is 11.4. The van der Waals surface area contributed by atoms with Gasteiger partial charge in [-0.05, 0) is 79.2 Å². The van der Waals surface area contributed by atoms with E-state index in [2.05, 4.69) is 161 Å². The second-order valence-corrected chi connectivity index (χ2v) is 12.3. The van der Waals surface area contributed by atoms with E-state index in [9.17, 15) is 5.26 Å². The summed E-state index contributed by atoms with van der Waals surface area (Å²) in [5.74, 6) is 0. The third-order valence-corrected chi connectivity index (χ3v) is 9.64. The monoisotopic (exact) mass is 621 g/mol. The van der Waals surface area contributed by atoms with E-state index >= 15 is 0 Å². The number of aromatic nitrogens is 1. The van der Waals surface area contributed by atoms with Crippen molar-refractivity contribution < 1.29 is 0 Å². The highest BCUT2D eigenvalue weighted by Gasteiger charge is 2.19. The Morgan fingerprint density at radius 1 is 0.469 bits per heavy atom. The average molecular weight is 622 g/mol. The Hall–Kier alpha value is -6.94. The quantitative estimate of drug-likeness (QED) is 0.142. The normalized spacial score (nSPS) is 11.2. The third-order valence-electron chi connectivity index (χ3n) is 9.64. The summed E-state index contributed by atoms with van der Waals surface area (Å²) < 4.78 is 2.20. The third kappa shape index (κ3) is 4.42. The minimum absolute atomic E-state index is 0.363. The zero-order valence-corrected chi connectivity index (χ0v) is 26.4. The lowest BCUT2D eigenvalue weighted by atomic mass is 9.85. The molecule has 0 aliphatic heterocycles. The number of para-hydroxylation sites is 2. The van der Waals surface area contributed by atoms with Crippen molar-refractivity contribution in [1.82, 2.24) is 4.57 Å². The molecule has 0 fully saturated rings. The van der Waals surface area contributed by atoms with Gasteiger partial charge in [0.2, 0.25) is 5.69 Å². The van der Waals surface area contributed by atoms with Crippen LogP contribution >= 0.6 is 0 Å². The number of hydrogen-bond donors (Lipinski definition) is 0. The van der Waals surface area contributed by atoms with Crippen LogP contribution in [0.15, 0.2) is 164 Å². The number of hydrogen-bond acceptors (Lipinski definition) is 1. The van der Waals surface area contributed by atoms with E-state index in [0.717, 1.165) is 44.2 Å². The van der Waals surface area contributed by atoms with Gasteiger partial charge in [0, 0.05) is 16.5 Å². The summed E-state index contributed by atoms with van der Waals surface area (Å²) in [6, 6.07) is 59.3. The van der Waals surface area contributed by atoms with Gasteiger partial charge in [0.1, 0.15) is 0 Å². The lowest BCUT2D eigenvalue weighted by Gasteiger charge is -2.18. The highest BCUT2D eigenvalue weighted by Crippen LogP contribution is 2.45. The Morgan fingerprint density at radius 2 is 0.898 bits per heavy atom. The first kappa shape index (κ1) is 28.3. The molecule has 0 aliphatic rings.